The molecule has 46 heavy (non-hydrogen) atoms. The summed E-state index contributed by atoms with van der Waals surface area (Å²) < 4.78 is 5.45. The molecule has 1 amide bonds. The summed E-state index contributed by atoms with van der Waals surface area (Å²) in [5.74, 6) is 2.87. The molecule has 4 heteroatoms. The van der Waals surface area contributed by atoms with Gasteiger partial charge in [-0.25, -0.2) is 0 Å². The molecule has 252 valence electrons. The van der Waals surface area contributed by atoms with Crippen LogP contribution in [0.25, 0.3) is 0 Å². The monoisotopic (exact) mass is 626 g/mol. The second kappa shape index (κ2) is 19.9. The van der Waals surface area contributed by atoms with E-state index in [2.05, 4.69) is 95.9 Å². The van der Waals surface area contributed by atoms with Crippen LogP contribution in [0.3, 0.4) is 0 Å². The Kier molecular flexibility index (Phi) is 16.7. The van der Waals surface area contributed by atoms with Gasteiger partial charge in [-0.15, -0.1) is 0 Å². The standard InChI is InChI=1S/C42H62N2O2/c1-12-14-17-36(13-2)20-19-30(5)38-18-15-16-35(10)44-40(27-37-21-22-41(46-11)33(8)24-37)42(45)43-28-34(9)31(6)25-39(23-29(3)4)32(7)26-38/h12-17,21-22,24,29-30,34,38-40,44H,1,6-7,10,18-20,23,25-28H2,2-5,8-9,11H3,(H,43,45)/b16-15+,17-14-,36-13+/t30?,34?,38-,39?,40-/m1/s1. The van der Waals surface area contributed by atoms with Crippen LogP contribution in [-0.2, 0) is 11.2 Å². The number of hydrogen-bond acceptors (Lipinski definition) is 3. The van der Waals surface area contributed by atoms with E-state index in [1.54, 1.807) is 7.11 Å². The van der Waals surface area contributed by atoms with Gasteiger partial charge in [0.2, 0.25) is 5.91 Å². The van der Waals surface area contributed by atoms with Crippen LogP contribution in [0.15, 0.2) is 103 Å². The van der Waals surface area contributed by atoms with Crippen LogP contribution >= 0.6 is 0 Å². The lowest BCUT2D eigenvalue weighted by atomic mass is 9.76. The number of nitrogens with one attached hydrogen (secondary N) is 2. The van der Waals surface area contributed by atoms with Gasteiger partial charge in [0.05, 0.1) is 7.11 Å². The summed E-state index contributed by atoms with van der Waals surface area (Å²) in [5.41, 5.74) is 6.70. The van der Waals surface area contributed by atoms with Crippen molar-refractivity contribution in [1.29, 1.82) is 0 Å². The van der Waals surface area contributed by atoms with Crippen molar-refractivity contribution in [3.63, 3.8) is 0 Å². The molecule has 0 radical (unpaired) electrons. The molecule has 0 aliphatic carbocycles. The zero-order valence-corrected chi connectivity index (χ0v) is 30.0. The average molecular weight is 627 g/mol. The van der Waals surface area contributed by atoms with Gasteiger partial charge >= 0.3 is 0 Å². The summed E-state index contributed by atoms with van der Waals surface area (Å²) in [4.78, 5) is 13.6. The van der Waals surface area contributed by atoms with Crippen LogP contribution in [-0.4, -0.2) is 25.6 Å². The average Bonchev–Trinajstić information content (AvgIpc) is 3.01. The summed E-state index contributed by atoms with van der Waals surface area (Å²) in [6, 6.07) is 5.64. The van der Waals surface area contributed by atoms with Crippen molar-refractivity contribution in [2.24, 2.45) is 29.6 Å². The SMILES string of the molecule is C=C/C=C\C(=C/C)CCC(C)[C@@H]1C/C=C/C(=C)N[C@H](Cc2ccc(OC)c(C)c2)C(=O)NCC(C)C(=C)CC(CC(C)C)C(=C)C1. The molecule has 1 aromatic carbocycles. The number of allylic oxidation sites excluding steroid dienone is 8. The summed E-state index contributed by atoms with van der Waals surface area (Å²) >= 11 is 0. The largest absolute Gasteiger partial charge is 0.496 e. The summed E-state index contributed by atoms with van der Waals surface area (Å²) in [6.45, 7) is 31.1. The van der Waals surface area contributed by atoms with E-state index in [0.29, 0.717) is 36.6 Å². The van der Waals surface area contributed by atoms with Crippen molar-refractivity contribution < 1.29 is 9.53 Å². The van der Waals surface area contributed by atoms with E-state index in [1.165, 1.54) is 16.7 Å². The molecular weight excluding hydrogens is 564 g/mol. The van der Waals surface area contributed by atoms with Gasteiger partial charge in [0.1, 0.15) is 11.8 Å². The van der Waals surface area contributed by atoms with Crippen LogP contribution in [0.4, 0.5) is 0 Å². The molecule has 2 N–H and O–H groups in total. The lowest BCUT2D eigenvalue weighted by Crippen LogP contribution is -2.46. The maximum Gasteiger partial charge on any atom is 0.242 e. The van der Waals surface area contributed by atoms with E-state index >= 15 is 0 Å². The molecule has 1 aliphatic rings. The van der Waals surface area contributed by atoms with Crippen molar-refractivity contribution in [2.45, 2.75) is 92.5 Å². The number of amides is 1. The quantitative estimate of drug-likeness (QED) is 0.190. The van der Waals surface area contributed by atoms with Crippen molar-refractivity contribution in [2.75, 3.05) is 13.7 Å². The fraction of sp³-hybridized carbons (Fsp3) is 0.500. The Morgan fingerprint density at radius 3 is 2.50 bits per heavy atom. The lowest BCUT2D eigenvalue weighted by Gasteiger charge is -2.30. The highest BCUT2D eigenvalue weighted by Crippen LogP contribution is 2.36. The number of carbonyl (C=O) groups is 1. The van der Waals surface area contributed by atoms with E-state index in [9.17, 15) is 4.79 Å². The van der Waals surface area contributed by atoms with Crippen molar-refractivity contribution in [3.8, 4) is 5.75 Å². The minimum atomic E-state index is -0.454. The molecule has 0 bridgehead atoms. The van der Waals surface area contributed by atoms with E-state index in [4.69, 9.17) is 4.74 Å². The van der Waals surface area contributed by atoms with E-state index in [1.807, 2.05) is 37.3 Å². The van der Waals surface area contributed by atoms with Gasteiger partial charge < -0.3 is 15.4 Å². The smallest absolute Gasteiger partial charge is 0.242 e. The molecule has 0 aromatic heterocycles. The zero-order chi connectivity index (χ0) is 34.2. The second-order valence-electron chi connectivity index (χ2n) is 13.8. The van der Waals surface area contributed by atoms with Gasteiger partial charge in [0, 0.05) is 18.7 Å². The van der Waals surface area contributed by atoms with Crippen molar-refractivity contribution >= 4 is 5.91 Å². The first kappa shape index (κ1) is 38.7. The van der Waals surface area contributed by atoms with Gasteiger partial charge in [0.25, 0.3) is 0 Å². The highest BCUT2D eigenvalue weighted by molar-refractivity contribution is 5.82. The number of benzene rings is 1. The van der Waals surface area contributed by atoms with Crippen molar-refractivity contribution in [3.05, 3.63) is 115 Å². The molecule has 4 nitrogen and oxygen atoms in total. The number of ether oxygens (including phenoxy) is 1. The normalized spacial score (nSPS) is 24.0. The second-order valence-corrected chi connectivity index (χ2v) is 13.8. The molecule has 0 spiro atoms. The van der Waals surface area contributed by atoms with E-state index in [0.717, 1.165) is 61.1 Å². The third kappa shape index (κ3) is 13.1. The third-order valence-corrected chi connectivity index (χ3v) is 9.49. The van der Waals surface area contributed by atoms with Crippen LogP contribution in [0.1, 0.15) is 84.3 Å². The first-order valence-corrected chi connectivity index (χ1v) is 17.2. The first-order valence-electron chi connectivity index (χ1n) is 17.2. The number of rotatable bonds is 11. The third-order valence-electron chi connectivity index (χ3n) is 9.49. The molecule has 0 saturated heterocycles. The molecule has 2 rings (SSSR count). The fourth-order valence-corrected chi connectivity index (χ4v) is 6.34. The Morgan fingerprint density at radius 1 is 1.13 bits per heavy atom. The van der Waals surface area contributed by atoms with Gasteiger partial charge in [-0.05, 0) is 105 Å². The van der Waals surface area contributed by atoms with E-state index in [-0.39, 0.29) is 11.8 Å². The van der Waals surface area contributed by atoms with Crippen LogP contribution in [0, 0.1) is 36.5 Å². The number of carbonyl (C=O) groups excluding carboxylic acids is 1. The van der Waals surface area contributed by atoms with Gasteiger partial charge in [-0.2, -0.15) is 0 Å². The Hall–Kier alpha value is -3.53. The highest BCUT2D eigenvalue weighted by atomic mass is 16.5. The topological polar surface area (TPSA) is 50.4 Å². The van der Waals surface area contributed by atoms with Gasteiger partial charge in [0.15, 0.2) is 0 Å². The predicted octanol–water partition coefficient (Wildman–Crippen LogP) is 10.0. The lowest BCUT2D eigenvalue weighted by molar-refractivity contribution is -0.123. The highest BCUT2D eigenvalue weighted by Gasteiger charge is 2.25. The molecule has 3 unspecified atom stereocenters. The Morgan fingerprint density at radius 2 is 1.87 bits per heavy atom. The Bertz CT molecular complexity index is 1280. The molecule has 5 atom stereocenters. The molecule has 1 aromatic rings. The maximum atomic E-state index is 13.6. The Labute approximate surface area is 281 Å². The number of hydrogen-bond donors (Lipinski definition) is 2. The molecule has 0 fully saturated rings. The van der Waals surface area contributed by atoms with Gasteiger partial charge in [-0.1, -0.05) is 113 Å². The number of methoxy groups -OCH3 is 1. The minimum absolute atomic E-state index is 0.0327. The predicted molar refractivity (Wildman–Crippen MR) is 199 cm³/mol. The molecular formula is C42H62N2O2. The van der Waals surface area contributed by atoms with Crippen LogP contribution < -0.4 is 15.4 Å². The van der Waals surface area contributed by atoms with Crippen LogP contribution in [0.2, 0.25) is 0 Å². The van der Waals surface area contributed by atoms with Crippen LogP contribution in [0.5, 0.6) is 5.75 Å². The summed E-state index contributed by atoms with van der Waals surface area (Å²) in [5, 5.41) is 6.64. The minimum Gasteiger partial charge on any atom is -0.496 e. The summed E-state index contributed by atoms with van der Waals surface area (Å²) in [6.07, 6.45) is 19.1. The van der Waals surface area contributed by atoms with Gasteiger partial charge in [-0.3, -0.25) is 4.79 Å². The molecule has 0 saturated carbocycles. The Balaban J connectivity index is 2.38. The fourth-order valence-electron chi connectivity index (χ4n) is 6.34. The first-order chi connectivity index (χ1) is 21.9. The summed E-state index contributed by atoms with van der Waals surface area (Å²) in [7, 11) is 1.68. The van der Waals surface area contributed by atoms with E-state index < -0.39 is 6.04 Å². The zero-order valence-electron chi connectivity index (χ0n) is 30.0. The van der Waals surface area contributed by atoms with Crippen molar-refractivity contribution in [1.82, 2.24) is 10.6 Å². The maximum absolute atomic E-state index is 13.6. The number of aryl methyl sites for hydroxylation is 1. The molecule has 1 heterocycles. The molecule has 1 aliphatic heterocycles.